The molecule has 0 aromatic carbocycles. The van der Waals surface area contributed by atoms with Gasteiger partial charge in [0.2, 0.25) is 5.91 Å². The van der Waals surface area contributed by atoms with E-state index in [1.165, 1.54) is 0 Å². The summed E-state index contributed by atoms with van der Waals surface area (Å²) in [6, 6.07) is -1.66. The number of aliphatic carboxylic acids is 2. The average molecular weight is 337 g/mol. The third kappa shape index (κ3) is 5.11. The number of hydrogen-bond acceptors (Lipinski definition) is 8. The SMILES string of the molecule is O=C(O)C[C@@H](NC(=O)CC1OC(CO)C(O)C(O)C1O)C(=O)O. The van der Waals surface area contributed by atoms with Crippen LogP contribution in [-0.4, -0.2) is 91.7 Å². The zero-order chi connectivity index (χ0) is 17.7. The van der Waals surface area contributed by atoms with E-state index in [0.29, 0.717) is 0 Å². The molecule has 1 aliphatic rings. The summed E-state index contributed by atoms with van der Waals surface area (Å²) in [5.74, 6) is -3.90. The second-order valence-corrected chi connectivity index (χ2v) is 5.13. The van der Waals surface area contributed by atoms with E-state index in [1.807, 2.05) is 5.32 Å². The van der Waals surface area contributed by atoms with Crippen molar-refractivity contribution >= 4 is 17.8 Å². The summed E-state index contributed by atoms with van der Waals surface area (Å²) in [4.78, 5) is 33.2. The molecule has 0 radical (unpaired) electrons. The van der Waals surface area contributed by atoms with Gasteiger partial charge in [-0.1, -0.05) is 0 Å². The fourth-order valence-corrected chi connectivity index (χ4v) is 2.16. The first-order chi connectivity index (χ1) is 10.7. The molecular weight excluding hydrogens is 318 g/mol. The summed E-state index contributed by atoms with van der Waals surface area (Å²) in [6.45, 7) is -0.667. The van der Waals surface area contributed by atoms with Gasteiger partial charge in [0.05, 0.1) is 25.6 Å². The van der Waals surface area contributed by atoms with Crippen molar-refractivity contribution in [2.45, 2.75) is 49.4 Å². The lowest BCUT2D eigenvalue weighted by Gasteiger charge is -2.39. The lowest BCUT2D eigenvalue weighted by molar-refractivity contribution is -0.229. The number of ether oxygens (including phenoxy) is 1. The first kappa shape index (κ1) is 19.3. The third-order valence-corrected chi connectivity index (χ3v) is 3.39. The normalized spacial score (nSPS) is 32.1. The minimum atomic E-state index is -1.66. The molecule has 0 aromatic heterocycles. The smallest absolute Gasteiger partial charge is 0.326 e. The number of carboxylic acids is 2. The van der Waals surface area contributed by atoms with E-state index >= 15 is 0 Å². The van der Waals surface area contributed by atoms with E-state index in [0.717, 1.165) is 0 Å². The van der Waals surface area contributed by atoms with Crippen LogP contribution >= 0.6 is 0 Å². The van der Waals surface area contributed by atoms with E-state index in [2.05, 4.69) is 0 Å². The number of aliphatic hydroxyl groups is 4. The van der Waals surface area contributed by atoms with Gasteiger partial charge in [0, 0.05) is 0 Å². The van der Waals surface area contributed by atoms with Crippen LogP contribution in [0.5, 0.6) is 0 Å². The number of carbonyl (C=O) groups excluding carboxylic acids is 1. The molecule has 0 aromatic rings. The Bertz CT molecular complexity index is 453. The van der Waals surface area contributed by atoms with Crippen molar-refractivity contribution in [3.05, 3.63) is 0 Å². The van der Waals surface area contributed by atoms with Crippen LogP contribution in [0.15, 0.2) is 0 Å². The Hall–Kier alpha value is -1.79. The van der Waals surface area contributed by atoms with Gasteiger partial charge in [-0.25, -0.2) is 4.79 Å². The van der Waals surface area contributed by atoms with Crippen LogP contribution in [0.25, 0.3) is 0 Å². The van der Waals surface area contributed by atoms with Crippen LogP contribution in [0.2, 0.25) is 0 Å². The van der Waals surface area contributed by atoms with Gasteiger partial charge in [0.15, 0.2) is 0 Å². The molecule has 5 unspecified atom stereocenters. The van der Waals surface area contributed by atoms with Crippen molar-refractivity contribution in [1.29, 1.82) is 0 Å². The van der Waals surface area contributed by atoms with Crippen LogP contribution < -0.4 is 5.32 Å². The minimum absolute atomic E-state index is 0.592. The molecule has 6 atom stereocenters. The quantitative estimate of drug-likeness (QED) is 0.243. The molecule has 1 aliphatic heterocycles. The molecule has 1 saturated heterocycles. The zero-order valence-corrected chi connectivity index (χ0v) is 11.9. The Labute approximate surface area is 130 Å². The fourth-order valence-electron chi connectivity index (χ4n) is 2.16. The molecule has 1 amide bonds. The van der Waals surface area contributed by atoms with Crippen LogP contribution in [0, 0.1) is 0 Å². The van der Waals surface area contributed by atoms with Crippen molar-refractivity contribution in [1.82, 2.24) is 5.32 Å². The number of carbonyl (C=O) groups is 3. The maximum atomic E-state index is 11.8. The second kappa shape index (κ2) is 8.17. The molecule has 11 nitrogen and oxygen atoms in total. The van der Waals surface area contributed by atoms with Gasteiger partial charge in [-0.05, 0) is 0 Å². The number of aliphatic hydroxyl groups excluding tert-OH is 4. The third-order valence-electron chi connectivity index (χ3n) is 3.39. The van der Waals surface area contributed by atoms with E-state index < -0.39 is 73.9 Å². The maximum Gasteiger partial charge on any atom is 0.326 e. The molecule has 1 fully saturated rings. The van der Waals surface area contributed by atoms with E-state index in [9.17, 15) is 29.7 Å². The Morgan fingerprint density at radius 3 is 2.04 bits per heavy atom. The molecule has 1 heterocycles. The summed E-state index contributed by atoms with van der Waals surface area (Å²) in [5, 5.41) is 57.3. The maximum absolute atomic E-state index is 11.8. The lowest BCUT2D eigenvalue weighted by atomic mass is 9.93. The van der Waals surface area contributed by atoms with Crippen LogP contribution in [0.4, 0.5) is 0 Å². The van der Waals surface area contributed by atoms with Crippen molar-refractivity contribution < 1.29 is 49.8 Å². The molecule has 1 rings (SSSR count). The second-order valence-electron chi connectivity index (χ2n) is 5.13. The summed E-state index contributed by atoms with van der Waals surface area (Å²) in [7, 11) is 0. The Balaban J connectivity index is 2.67. The molecule has 0 aliphatic carbocycles. The summed E-state index contributed by atoms with van der Waals surface area (Å²) >= 11 is 0. The standard InChI is InChI=1S/C12H19NO10/c14-3-6-10(19)11(20)9(18)5(23-6)2-7(15)13-4(12(21)22)1-8(16)17/h4-6,9-11,14,18-20H,1-3H2,(H,13,15)(H,16,17)(H,21,22)/t4-,5?,6?,9?,10?,11?/m1/s1. The van der Waals surface area contributed by atoms with E-state index in [-0.39, 0.29) is 0 Å². The van der Waals surface area contributed by atoms with Crippen molar-refractivity contribution in [2.24, 2.45) is 0 Å². The average Bonchev–Trinajstić information content (AvgIpc) is 2.46. The van der Waals surface area contributed by atoms with Crippen LogP contribution in [0.1, 0.15) is 12.8 Å². The zero-order valence-electron chi connectivity index (χ0n) is 11.9. The number of hydrogen-bond donors (Lipinski definition) is 7. The molecule has 7 N–H and O–H groups in total. The highest BCUT2D eigenvalue weighted by Crippen LogP contribution is 2.23. The highest BCUT2D eigenvalue weighted by molar-refractivity contribution is 5.86. The van der Waals surface area contributed by atoms with E-state index in [4.69, 9.17) is 20.1 Å². The summed E-state index contributed by atoms with van der Waals surface area (Å²) < 4.78 is 5.09. The Kier molecular flexibility index (Phi) is 6.84. The predicted molar refractivity (Wildman–Crippen MR) is 70.2 cm³/mol. The first-order valence-electron chi connectivity index (χ1n) is 6.71. The fraction of sp³-hybridized carbons (Fsp3) is 0.750. The number of rotatable bonds is 7. The highest BCUT2D eigenvalue weighted by atomic mass is 16.5. The van der Waals surface area contributed by atoms with Crippen LogP contribution in [0.3, 0.4) is 0 Å². The van der Waals surface area contributed by atoms with Gasteiger partial charge in [0.1, 0.15) is 30.5 Å². The number of nitrogens with one attached hydrogen (secondary N) is 1. The molecule has 23 heavy (non-hydrogen) atoms. The molecule has 0 spiro atoms. The van der Waals surface area contributed by atoms with Gasteiger partial charge in [-0.15, -0.1) is 0 Å². The van der Waals surface area contributed by atoms with Gasteiger partial charge >= 0.3 is 11.9 Å². The highest BCUT2D eigenvalue weighted by Gasteiger charge is 2.44. The molecule has 0 saturated carbocycles. The Morgan fingerprint density at radius 2 is 1.57 bits per heavy atom. The van der Waals surface area contributed by atoms with E-state index in [1.54, 1.807) is 0 Å². The monoisotopic (exact) mass is 337 g/mol. The van der Waals surface area contributed by atoms with Crippen LogP contribution in [-0.2, 0) is 19.1 Å². The van der Waals surface area contributed by atoms with Crippen molar-refractivity contribution in [3.8, 4) is 0 Å². The van der Waals surface area contributed by atoms with Gasteiger partial charge in [-0.2, -0.15) is 0 Å². The Morgan fingerprint density at radius 1 is 1.00 bits per heavy atom. The summed E-state index contributed by atoms with van der Waals surface area (Å²) in [6.07, 6.45) is -8.80. The largest absolute Gasteiger partial charge is 0.481 e. The molecule has 0 bridgehead atoms. The number of amides is 1. The molecule has 11 heteroatoms. The topological polar surface area (TPSA) is 194 Å². The molecular formula is C12H19NO10. The summed E-state index contributed by atoms with van der Waals surface area (Å²) in [5.41, 5.74) is 0. The predicted octanol–water partition coefficient (Wildman–Crippen LogP) is -3.74. The lowest BCUT2D eigenvalue weighted by Crippen LogP contribution is -2.59. The van der Waals surface area contributed by atoms with Gasteiger partial charge in [0.25, 0.3) is 0 Å². The van der Waals surface area contributed by atoms with Crippen molar-refractivity contribution in [2.75, 3.05) is 6.61 Å². The first-order valence-corrected chi connectivity index (χ1v) is 6.71. The van der Waals surface area contributed by atoms with Crippen molar-refractivity contribution in [3.63, 3.8) is 0 Å². The van der Waals surface area contributed by atoms with Gasteiger partial charge < -0.3 is 40.7 Å². The number of carboxylic acid groups (broad SMARTS) is 2. The molecule has 132 valence electrons. The van der Waals surface area contributed by atoms with Gasteiger partial charge in [-0.3, -0.25) is 9.59 Å². The minimum Gasteiger partial charge on any atom is -0.481 e.